The summed E-state index contributed by atoms with van der Waals surface area (Å²) in [6, 6.07) is 7.42. The average Bonchev–Trinajstić information content (AvgIpc) is 2.96. The number of rotatable bonds is 4. The highest BCUT2D eigenvalue weighted by atomic mass is 16.5. The molecule has 1 aliphatic heterocycles. The zero-order valence-electron chi connectivity index (χ0n) is 12.9. The van der Waals surface area contributed by atoms with Crippen molar-refractivity contribution in [3.8, 4) is 22.8 Å². The normalized spacial score (nSPS) is 16.6. The molecule has 1 saturated heterocycles. The minimum Gasteiger partial charge on any atom is -0.492 e. The smallest absolute Gasteiger partial charge is 0.172 e. The van der Waals surface area contributed by atoms with Gasteiger partial charge in [0, 0.05) is 19.2 Å². The van der Waals surface area contributed by atoms with Crippen LogP contribution in [0.4, 0.5) is 5.82 Å². The van der Waals surface area contributed by atoms with Crippen LogP contribution >= 0.6 is 0 Å². The maximum absolute atomic E-state index is 6.15. The molecule has 0 aliphatic carbocycles. The van der Waals surface area contributed by atoms with Crippen LogP contribution in [-0.2, 0) is 0 Å². The van der Waals surface area contributed by atoms with Crippen LogP contribution in [0.1, 0.15) is 12.8 Å². The zero-order chi connectivity index (χ0) is 15.5. The monoisotopic (exact) mass is 303 g/mol. The van der Waals surface area contributed by atoms with Gasteiger partial charge in [-0.05, 0) is 32.0 Å². The van der Waals surface area contributed by atoms with Gasteiger partial charge in [0.15, 0.2) is 23.1 Å². The topological polar surface area (TPSA) is 73.8 Å². The van der Waals surface area contributed by atoms with Crippen LogP contribution < -0.4 is 15.2 Å². The van der Waals surface area contributed by atoms with E-state index in [1.165, 1.54) is 0 Å². The van der Waals surface area contributed by atoms with Gasteiger partial charge in [0.05, 0.1) is 12.7 Å². The van der Waals surface area contributed by atoms with E-state index in [0.29, 0.717) is 17.3 Å². The number of para-hydroxylation sites is 1. The maximum atomic E-state index is 6.15. The number of hydrogen-bond acceptors (Lipinski definition) is 6. The summed E-state index contributed by atoms with van der Waals surface area (Å²) in [7, 11) is 3.76. The van der Waals surface area contributed by atoms with Crippen LogP contribution in [0.3, 0.4) is 0 Å². The van der Waals surface area contributed by atoms with Gasteiger partial charge in [-0.2, -0.15) is 0 Å². The van der Waals surface area contributed by atoms with Crippen LogP contribution in [0.2, 0.25) is 0 Å². The molecule has 0 unspecified atom stereocenters. The first kappa shape index (κ1) is 14.7. The van der Waals surface area contributed by atoms with E-state index in [-0.39, 0.29) is 6.10 Å². The number of aromatic nitrogens is 1. The summed E-state index contributed by atoms with van der Waals surface area (Å²) in [4.78, 5) is 2.31. The summed E-state index contributed by atoms with van der Waals surface area (Å²) in [5.74, 6) is 2.30. The van der Waals surface area contributed by atoms with Crippen LogP contribution in [0.15, 0.2) is 28.8 Å². The number of nitrogen functional groups attached to an aromatic ring is 1. The summed E-state index contributed by atoms with van der Waals surface area (Å²) < 4.78 is 16.9. The second kappa shape index (κ2) is 6.27. The Kier molecular flexibility index (Phi) is 4.20. The Morgan fingerprint density at radius 3 is 2.73 bits per heavy atom. The largest absolute Gasteiger partial charge is 0.492 e. The quantitative estimate of drug-likeness (QED) is 0.935. The highest BCUT2D eigenvalue weighted by molar-refractivity contribution is 5.71. The number of nitrogens with zero attached hydrogens (tertiary/aromatic N) is 2. The highest BCUT2D eigenvalue weighted by Crippen LogP contribution is 2.39. The lowest BCUT2D eigenvalue weighted by Crippen LogP contribution is -2.35. The molecule has 6 heteroatoms. The van der Waals surface area contributed by atoms with Crippen molar-refractivity contribution in [3.63, 3.8) is 0 Å². The summed E-state index contributed by atoms with van der Waals surface area (Å²) in [6.07, 6.45) is 2.23. The van der Waals surface area contributed by atoms with E-state index < -0.39 is 0 Å². The molecule has 2 N–H and O–H groups in total. The lowest BCUT2D eigenvalue weighted by atomic mass is 10.1. The Morgan fingerprint density at radius 1 is 1.32 bits per heavy atom. The van der Waals surface area contributed by atoms with Crippen molar-refractivity contribution in [1.82, 2.24) is 10.1 Å². The zero-order valence-corrected chi connectivity index (χ0v) is 12.9. The third-order valence-corrected chi connectivity index (χ3v) is 3.94. The molecule has 0 saturated carbocycles. The van der Waals surface area contributed by atoms with Gasteiger partial charge in [0.25, 0.3) is 0 Å². The SMILES string of the molecule is COc1c(OC2CCN(C)CC2)cccc1-c1cc(N)no1. The summed E-state index contributed by atoms with van der Waals surface area (Å²) in [5.41, 5.74) is 6.42. The Bertz CT molecular complexity index is 633. The van der Waals surface area contributed by atoms with Crippen molar-refractivity contribution in [2.45, 2.75) is 18.9 Å². The number of nitrogens with two attached hydrogens (primary N) is 1. The first-order chi connectivity index (χ1) is 10.7. The molecular weight excluding hydrogens is 282 g/mol. The van der Waals surface area contributed by atoms with Crippen LogP contribution in [0, 0.1) is 0 Å². The van der Waals surface area contributed by atoms with Gasteiger partial charge >= 0.3 is 0 Å². The molecule has 22 heavy (non-hydrogen) atoms. The molecule has 1 aromatic carbocycles. The third-order valence-electron chi connectivity index (χ3n) is 3.94. The second-order valence-electron chi connectivity index (χ2n) is 5.57. The Labute approximate surface area is 129 Å². The molecule has 0 spiro atoms. The second-order valence-corrected chi connectivity index (χ2v) is 5.57. The Morgan fingerprint density at radius 2 is 2.09 bits per heavy atom. The average molecular weight is 303 g/mol. The highest BCUT2D eigenvalue weighted by Gasteiger charge is 2.21. The minimum absolute atomic E-state index is 0.208. The number of hydrogen-bond donors (Lipinski definition) is 1. The molecule has 0 bridgehead atoms. The van der Waals surface area contributed by atoms with Crippen molar-refractivity contribution < 1.29 is 14.0 Å². The van der Waals surface area contributed by atoms with E-state index in [0.717, 1.165) is 37.2 Å². The molecule has 1 aromatic heterocycles. The summed E-state index contributed by atoms with van der Waals surface area (Å²) in [5, 5.41) is 3.72. The van der Waals surface area contributed by atoms with Crippen molar-refractivity contribution in [3.05, 3.63) is 24.3 Å². The number of methoxy groups -OCH3 is 1. The van der Waals surface area contributed by atoms with Crippen molar-refractivity contribution in [2.75, 3.05) is 33.0 Å². The van der Waals surface area contributed by atoms with Gasteiger partial charge in [-0.25, -0.2) is 0 Å². The molecule has 2 heterocycles. The summed E-state index contributed by atoms with van der Waals surface area (Å²) in [6.45, 7) is 2.09. The fraction of sp³-hybridized carbons (Fsp3) is 0.438. The van der Waals surface area contributed by atoms with E-state index in [2.05, 4.69) is 17.1 Å². The molecule has 118 valence electrons. The van der Waals surface area contributed by atoms with Gasteiger partial charge in [0.2, 0.25) is 0 Å². The fourth-order valence-electron chi connectivity index (χ4n) is 2.71. The third kappa shape index (κ3) is 3.01. The van der Waals surface area contributed by atoms with E-state index in [9.17, 15) is 0 Å². The van der Waals surface area contributed by atoms with Crippen LogP contribution in [0.25, 0.3) is 11.3 Å². The van der Waals surface area contributed by atoms with Gasteiger partial charge in [-0.3, -0.25) is 0 Å². The van der Waals surface area contributed by atoms with Crippen molar-refractivity contribution in [1.29, 1.82) is 0 Å². The van der Waals surface area contributed by atoms with E-state index >= 15 is 0 Å². The van der Waals surface area contributed by atoms with Gasteiger partial charge in [-0.15, -0.1) is 0 Å². The standard InChI is InChI=1S/C16H21N3O3/c1-19-8-6-11(7-9-19)21-13-5-3-4-12(16(13)20-2)14-10-15(17)18-22-14/h3-5,10-11H,6-9H2,1-2H3,(H2,17,18). The molecule has 0 radical (unpaired) electrons. The Balaban J connectivity index is 1.85. The lowest BCUT2D eigenvalue weighted by Gasteiger charge is -2.29. The Hall–Kier alpha value is -2.21. The van der Waals surface area contributed by atoms with Crippen LogP contribution in [-0.4, -0.2) is 43.4 Å². The number of piperidine rings is 1. The number of ether oxygens (including phenoxy) is 2. The first-order valence-corrected chi connectivity index (χ1v) is 7.42. The maximum Gasteiger partial charge on any atom is 0.172 e. The molecule has 1 aliphatic rings. The molecule has 2 aromatic rings. The summed E-state index contributed by atoms with van der Waals surface area (Å²) >= 11 is 0. The van der Waals surface area contributed by atoms with E-state index in [4.69, 9.17) is 19.7 Å². The molecule has 1 fully saturated rings. The van der Waals surface area contributed by atoms with Gasteiger partial charge < -0.3 is 24.6 Å². The lowest BCUT2D eigenvalue weighted by molar-refractivity contribution is 0.111. The molecule has 6 nitrogen and oxygen atoms in total. The number of anilines is 1. The van der Waals surface area contributed by atoms with Crippen molar-refractivity contribution >= 4 is 5.82 Å². The van der Waals surface area contributed by atoms with Crippen molar-refractivity contribution in [2.24, 2.45) is 0 Å². The number of benzene rings is 1. The fourth-order valence-corrected chi connectivity index (χ4v) is 2.71. The molecule has 0 atom stereocenters. The van der Waals surface area contributed by atoms with Crippen LogP contribution in [0.5, 0.6) is 11.5 Å². The van der Waals surface area contributed by atoms with Gasteiger partial charge in [-0.1, -0.05) is 11.2 Å². The van der Waals surface area contributed by atoms with Gasteiger partial charge in [0.1, 0.15) is 6.10 Å². The molecule has 3 rings (SSSR count). The van der Waals surface area contributed by atoms with E-state index in [1.54, 1.807) is 13.2 Å². The van der Waals surface area contributed by atoms with E-state index in [1.807, 2.05) is 18.2 Å². The predicted octanol–water partition coefficient (Wildman–Crippen LogP) is 2.41. The minimum atomic E-state index is 0.208. The first-order valence-electron chi connectivity index (χ1n) is 7.42. The number of likely N-dealkylation sites (tertiary alicyclic amines) is 1. The molecular formula is C16H21N3O3. The molecule has 0 amide bonds. The predicted molar refractivity (Wildman–Crippen MR) is 84.1 cm³/mol.